The van der Waals surface area contributed by atoms with Crippen LogP contribution in [0.25, 0.3) is 0 Å². The Kier molecular flexibility index (Phi) is 4.16. The van der Waals surface area contributed by atoms with Crippen molar-refractivity contribution in [2.24, 2.45) is 7.05 Å². The van der Waals surface area contributed by atoms with Crippen LogP contribution >= 0.6 is 0 Å². The number of nitrogens with one attached hydrogen (secondary N) is 1. The van der Waals surface area contributed by atoms with Gasteiger partial charge in [-0.2, -0.15) is 10.1 Å². The SMILES string of the molecule is CN1C(=O)C[C@@H](NCc2noc(C(C)(C)C)n2)[C@@H]1c1ccnn1C. The van der Waals surface area contributed by atoms with Gasteiger partial charge in [0.05, 0.1) is 18.3 Å². The van der Waals surface area contributed by atoms with Crippen molar-refractivity contribution in [1.29, 1.82) is 0 Å². The Hall–Kier alpha value is -2.22. The molecule has 0 bridgehead atoms. The molecule has 24 heavy (non-hydrogen) atoms. The zero-order chi connectivity index (χ0) is 17.5. The van der Waals surface area contributed by atoms with E-state index in [1.54, 1.807) is 15.8 Å². The lowest BCUT2D eigenvalue weighted by Gasteiger charge is -2.25. The largest absolute Gasteiger partial charge is 0.339 e. The van der Waals surface area contributed by atoms with Gasteiger partial charge in [-0.15, -0.1) is 0 Å². The van der Waals surface area contributed by atoms with E-state index >= 15 is 0 Å². The number of amides is 1. The summed E-state index contributed by atoms with van der Waals surface area (Å²) in [5.74, 6) is 1.33. The first-order chi connectivity index (χ1) is 11.3. The van der Waals surface area contributed by atoms with Crippen LogP contribution in [0, 0.1) is 0 Å². The van der Waals surface area contributed by atoms with Crippen LogP contribution in [0.3, 0.4) is 0 Å². The summed E-state index contributed by atoms with van der Waals surface area (Å²) in [6.07, 6.45) is 2.19. The second-order valence-corrected chi connectivity index (χ2v) is 7.29. The number of carbonyl (C=O) groups is 1. The van der Waals surface area contributed by atoms with Crippen LogP contribution in [0.1, 0.15) is 50.6 Å². The lowest BCUT2D eigenvalue weighted by Crippen LogP contribution is -2.36. The number of rotatable bonds is 4. The molecule has 2 aromatic heterocycles. The third kappa shape index (κ3) is 3.06. The molecule has 8 nitrogen and oxygen atoms in total. The van der Waals surface area contributed by atoms with E-state index in [4.69, 9.17) is 4.52 Å². The average Bonchev–Trinajstić information content (AvgIpc) is 3.18. The molecular formula is C16H24N6O2. The van der Waals surface area contributed by atoms with Gasteiger partial charge >= 0.3 is 0 Å². The first-order valence-electron chi connectivity index (χ1n) is 8.07. The van der Waals surface area contributed by atoms with Crippen LogP contribution in [0.2, 0.25) is 0 Å². The Morgan fingerprint density at radius 1 is 1.38 bits per heavy atom. The van der Waals surface area contributed by atoms with Crippen molar-refractivity contribution < 1.29 is 9.32 Å². The molecule has 1 saturated heterocycles. The number of likely N-dealkylation sites (N-methyl/N-ethyl adjacent to an activating group) is 1. The molecule has 2 aromatic rings. The molecule has 1 aliphatic rings. The van der Waals surface area contributed by atoms with E-state index in [0.717, 1.165) is 5.69 Å². The minimum atomic E-state index is -0.175. The number of likely N-dealkylation sites (tertiary alicyclic amines) is 1. The summed E-state index contributed by atoms with van der Waals surface area (Å²) in [4.78, 5) is 18.4. The summed E-state index contributed by atoms with van der Waals surface area (Å²) < 4.78 is 7.12. The molecule has 0 aliphatic carbocycles. The fourth-order valence-electron chi connectivity index (χ4n) is 2.98. The molecule has 1 amide bonds. The molecule has 1 aliphatic heterocycles. The van der Waals surface area contributed by atoms with Crippen LogP contribution in [0.15, 0.2) is 16.8 Å². The van der Waals surface area contributed by atoms with Crippen LogP contribution in [-0.4, -0.2) is 43.8 Å². The second-order valence-electron chi connectivity index (χ2n) is 7.29. The van der Waals surface area contributed by atoms with Crippen LogP contribution in [0.4, 0.5) is 0 Å². The quantitative estimate of drug-likeness (QED) is 0.904. The molecule has 1 fully saturated rings. The standard InChI is InChI=1S/C16H24N6O2/c1-16(2,3)15-19-12(20-24-15)9-17-10-8-13(23)21(4)14(10)11-6-7-18-22(11)5/h6-7,10,14,17H,8-9H2,1-5H3/t10-,14-/m1/s1. The Bertz CT molecular complexity index is 729. The summed E-state index contributed by atoms with van der Waals surface area (Å²) in [6.45, 7) is 6.54. The van der Waals surface area contributed by atoms with Crippen LogP contribution < -0.4 is 5.32 Å². The lowest BCUT2D eigenvalue weighted by molar-refractivity contribution is -0.127. The first-order valence-corrected chi connectivity index (χ1v) is 8.07. The predicted octanol–water partition coefficient (Wildman–Crippen LogP) is 1.16. The van der Waals surface area contributed by atoms with E-state index in [-0.39, 0.29) is 23.4 Å². The minimum absolute atomic E-state index is 0.0190. The lowest BCUT2D eigenvalue weighted by atomic mass is 9.97. The summed E-state index contributed by atoms with van der Waals surface area (Å²) >= 11 is 0. The molecule has 1 N–H and O–H groups in total. The first kappa shape index (κ1) is 16.6. The van der Waals surface area contributed by atoms with Crippen LogP contribution in [0.5, 0.6) is 0 Å². The molecule has 8 heteroatoms. The molecular weight excluding hydrogens is 308 g/mol. The van der Waals surface area contributed by atoms with Gasteiger partial charge in [-0.3, -0.25) is 9.48 Å². The number of nitrogens with zero attached hydrogens (tertiary/aromatic N) is 5. The number of aryl methyl sites for hydroxylation is 1. The highest BCUT2D eigenvalue weighted by molar-refractivity contribution is 5.80. The molecule has 130 valence electrons. The maximum Gasteiger partial charge on any atom is 0.232 e. The van der Waals surface area contributed by atoms with E-state index in [1.165, 1.54) is 0 Å². The Labute approximate surface area is 141 Å². The molecule has 3 rings (SSSR count). The maximum absolute atomic E-state index is 12.2. The van der Waals surface area contributed by atoms with Crippen molar-refractivity contribution >= 4 is 5.91 Å². The Balaban J connectivity index is 1.73. The minimum Gasteiger partial charge on any atom is -0.339 e. The summed E-state index contributed by atoms with van der Waals surface area (Å²) in [5.41, 5.74) is 0.829. The van der Waals surface area contributed by atoms with E-state index < -0.39 is 0 Å². The molecule has 2 atom stereocenters. The summed E-state index contributed by atoms with van der Waals surface area (Å²) in [5, 5.41) is 11.6. The van der Waals surface area contributed by atoms with Gasteiger partial charge in [-0.25, -0.2) is 0 Å². The maximum atomic E-state index is 12.2. The van der Waals surface area contributed by atoms with Crippen molar-refractivity contribution in [3.05, 3.63) is 29.7 Å². The zero-order valence-corrected chi connectivity index (χ0v) is 14.8. The summed E-state index contributed by atoms with van der Waals surface area (Å²) in [6, 6.07) is 1.87. The van der Waals surface area contributed by atoms with Crippen molar-refractivity contribution in [3.8, 4) is 0 Å². The van der Waals surface area contributed by atoms with Gasteiger partial charge in [0, 0.05) is 38.2 Å². The van der Waals surface area contributed by atoms with Gasteiger partial charge in [0.1, 0.15) is 0 Å². The normalized spacial score (nSPS) is 21.7. The van der Waals surface area contributed by atoms with Gasteiger partial charge in [-0.05, 0) is 6.07 Å². The predicted molar refractivity (Wildman–Crippen MR) is 87.0 cm³/mol. The third-order valence-electron chi connectivity index (χ3n) is 4.38. The molecule has 0 aromatic carbocycles. The van der Waals surface area contributed by atoms with Gasteiger partial charge in [0.2, 0.25) is 11.8 Å². The van der Waals surface area contributed by atoms with Gasteiger partial charge in [0.15, 0.2) is 5.82 Å². The van der Waals surface area contributed by atoms with E-state index in [0.29, 0.717) is 24.7 Å². The molecule has 0 saturated carbocycles. The van der Waals surface area contributed by atoms with E-state index in [2.05, 4.69) is 20.6 Å². The summed E-state index contributed by atoms with van der Waals surface area (Å²) in [7, 11) is 3.71. The topological polar surface area (TPSA) is 89.1 Å². The highest BCUT2D eigenvalue weighted by atomic mass is 16.5. The van der Waals surface area contributed by atoms with Gasteiger partial charge < -0.3 is 14.7 Å². The molecule has 0 radical (unpaired) electrons. The number of carbonyl (C=O) groups excluding carboxylic acids is 1. The second kappa shape index (κ2) is 6.01. The Morgan fingerprint density at radius 3 is 2.71 bits per heavy atom. The number of aromatic nitrogens is 4. The Morgan fingerprint density at radius 2 is 2.12 bits per heavy atom. The molecule has 0 spiro atoms. The number of hydrogen-bond acceptors (Lipinski definition) is 6. The van der Waals surface area contributed by atoms with Crippen molar-refractivity contribution in [3.63, 3.8) is 0 Å². The fourth-order valence-corrected chi connectivity index (χ4v) is 2.98. The monoisotopic (exact) mass is 332 g/mol. The van der Waals surface area contributed by atoms with Crippen molar-refractivity contribution in [2.75, 3.05) is 7.05 Å². The average molecular weight is 332 g/mol. The van der Waals surface area contributed by atoms with E-state index in [1.807, 2.05) is 40.9 Å². The van der Waals surface area contributed by atoms with Crippen molar-refractivity contribution in [2.45, 2.75) is 51.2 Å². The van der Waals surface area contributed by atoms with Crippen LogP contribution in [-0.2, 0) is 23.8 Å². The fraction of sp³-hybridized carbons (Fsp3) is 0.625. The van der Waals surface area contributed by atoms with Crippen molar-refractivity contribution in [1.82, 2.24) is 30.1 Å². The van der Waals surface area contributed by atoms with Gasteiger partial charge in [0.25, 0.3) is 0 Å². The van der Waals surface area contributed by atoms with Gasteiger partial charge in [-0.1, -0.05) is 25.9 Å². The molecule has 3 heterocycles. The zero-order valence-electron chi connectivity index (χ0n) is 14.8. The van der Waals surface area contributed by atoms with E-state index in [9.17, 15) is 4.79 Å². The highest BCUT2D eigenvalue weighted by Gasteiger charge is 2.39. The highest BCUT2D eigenvalue weighted by Crippen LogP contribution is 2.31. The smallest absolute Gasteiger partial charge is 0.232 e. The third-order valence-corrected chi connectivity index (χ3v) is 4.38. The number of hydrogen-bond donors (Lipinski definition) is 1. The molecule has 0 unspecified atom stereocenters.